The molecule has 27 heavy (non-hydrogen) atoms. The van der Waals surface area contributed by atoms with E-state index in [4.69, 9.17) is 0 Å². The summed E-state index contributed by atoms with van der Waals surface area (Å²) in [5, 5.41) is 23.5. The zero-order chi connectivity index (χ0) is 18.9. The smallest absolute Gasteiger partial charge is 0.550 e. The van der Waals surface area contributed by atoms with E-state index < -0.39 is 24.4 Å². The Bertz CT molecular complexity index is 394. The minimum absolute atomic E-state index is 0. The van der Waals surface area contributed by atoms with Crippen molar-refractivity contribution >= 4 is 17.8 Å². The zero-order valence-electron chi connectivity index (χ0n) is 17.5. The Morgan fingerprint density at radius 1 is 0.741 bits per heavy atom. The van der Waals surface area contributed by atoms with E-state index in [1.165, 1.54) is 51.4 Å². The van der Waals surface area contributed by atoms with Gasteiger partial charge >= 0.3 is 59.1 Å². The molecule has 1 amide bonds. The third kappa shape index (κ3) is 22.6. The number of carbonyl (C=O) groups is 3. The van der Waals surface area contributed by atoms with Gasteiger partial charge in [0.25, 0.3) is 0 Å². The second-order valence-electron chi connectivity index (χ2n) is 6.64. The summed E-state index contributed by atoms with van der Waals surface area (Å²) in [6.45, 7) is 2.21. The van der Waals surface area contributed by atoms with Crippen molar-refractivity contribution in [3.8, 4) is 0 Å². The van der Waals surface area contributed by atoms with Gasteiger partial charge in [0.2, 0.25) is 5.91 Å². The molecule has 0 bridgehead atoms. The Hall–Kier alpha value is 0.410. The van der Waals surface area contributed by atoms with Crippen LogP contribution in [-0.2, 0) is 14.4 Å². The summed E-state index contributed by atoms with van der Waals surface area (Å²) in [6, 6.07) is -1.27. The van der Waals surface area contributed by atoms with Crippen LogP contribution in [0.25, 0.3) is 0 Å². The van der Waals surface area contributed by atoms with Crippen LogP contribution in [0.3, 0.4) is 0 Å². The second-order valence-corrected chi connectivity index (χ2v) is 6.64. The molecule has 0 aromatic carbocycles. The van der Waals surface area contributed by atoms with Gasteiger partial charge in [-0.15, -0.1) is 0 Å². The maximum absolute atomic E-state index is 11.7. The number of hydrogen-bond acceptors (Lipinski definition) is 5. The molecular weight excluding hydrogens is 368 g/mol. The summed E-state index contributed by atoms with van der Waals surface area (Å²) in [5.41, 5.74) is 0. The Labute approximate surface area is 208 Å². The summed E-state index contributed by atoms with van der Waals surface area (Å²) in [4.78, 5) is 32.9. The molecule has 1 N–H and O–H groups in total. The molecule has 0 heterocycles. The average Bonchev–Trinajstić information content (AvgIpc) is 2.56. The van der Waals surface area contributed by atoms with E-state index in [2.05, 4.69) is 12.2 Å². The Morgan fingerprint density at radius 3 is 1.59 bits per heavy atom. The number of rotatable bonds is 17. The molecule has 0 aliphatic heterocycles. The monoisotopic (exact) mass is 401 g/mol. The van der Waals surface area contributed by atoms with E-state index in [9.17, 15) is 24.6 Å². The number of nitrogens with one attached hydrogen (secondary N) is 1. The maximum Gasteiger partial charge on any atom is 1.00 e. The molecule has 0 rings (SSSR count). The number of carboxylic acids is 2. The molecule has 0 saturated carbocycles. The van der Waals surface area contributed by atoms with Crippen molar-refractivity contribution in [3.05, 3.63) is 0 Å². The first-order chi connectivity index (χ1) is 12.0. The normalized spacial score (nSPS) is 11.0. The van der Waals surface area contributed by atoms with Gasteiger partial charge in [-0.2, -0.15) is 0 Å². The van der Waals surface area contributed by atoms with Crippen molar-refractivity contribution in [2.75, 3.05) is 0 Å². The third-order valence-corrected chi connectivity index (χ3v) is 4.26. The fourth-order valence-corrected chi connectivity index (χ4v) is 2.73. The maximum atomic E-state index is 11.7. The number of unbranched alkanes of at least 4 members (excludes halogenated alkanes) is 10. The molecule has 6 nitrogen and oxygen atoms in total. The van der Waals surface area contributed by atoms with Crippen molar-refractivity contribution in [1.82, 2.24) is 5.32 Å². The van der Waals surface area contributed by atoms with E-state index in [1.54, 1.807) is 0 Å². The Kier molecular flexibility index (Phi) is 27.0. The molecule has 1 atom stereocenters. The summed E-state index contributed by atoms with van der Waals surface area (Å²) in [7, 11) is 0. The van der Waals surface area contributed by atoms with E-state index in [1.807, 2.05) is 0 Å². The molecule has 0 aromatic rings. The summed E-state index contributed by atoms with van der Waals surface area (Å²) in [6.07, 6.45) is 12.6. The zero-order valence-corrected chi connectivity index (χ0v) is 21.5. The van der Waals surface area contributed by atoms with Crippen LogP contribution in [0.2, 0.25) is 0 Å². The molecule has 146 valence electrons. The molecule has 0 aromatic heterocycles. The van der Waals surface area contributed by atoms with Crippen molar-refractivity contribution in [3.63, 3.8) is 0 Å². The van der Waals surface area contributed by atoms with Crippen LogP contribution < -0.4 is 74.6 Å². The SMILES string of the molecule is CCCCCCCCCCCCCC(=O)N[C@H](CCC(=O)[O-])C(=O)[O-].[Na+].[Na+]. The van der Waals surface area contributed by atoms with Crippen molar-refractivity contribution in [2.45, 2.75) is 103 Å². The third-order valence-electron chi connectivity index (χ3n) is 4.26. The van der Waals surface area contributed by atoms with Crippen LogP contribution in [0, 0.1) is 0 Å². The van der Waals surface area contributed by atoms with Crippen molar-refractivity contribution < 1.29 is 83.7 Å². The van der Waals surface area contributed by atoms with Crippen molar-refractivity contribution in [1.29, 1.82) is 0 Å². The minimum Gasteiger partial charge on any atom is -0.550 e. The van der Waals surface area contributed by atoms with Gasteiger partial charge in [0.15, 0.2) is 0 Å². The van der Waals surface area contributed by atoms with Gasteiger partial charge in [-0.25, -0.2) is 0 Å². The molecule has 0 saturated heterocycles. The summed E-state index contributed by atoms with van der Waals surface area (Å²) < 4.78 is 0. The molecule has 0 fully saturated rings. The first-order valence-corrected chi connectivity index (χ1v) is 9.67. The van der Waals surface area contributed by atoms with E-state index in [-0.39, 0.29) is 77.9 Å². The average molecular weight is 401 g/mol. The Balaban J connectivity index is -0.00000288. The van der Waals surface area contributed by atoms with E-state index in [0.29, 0.717) is 6.42 Å². The number of carbonyl (C=O) groups excluding carboxylic acids is 3. The molecular formula is C19H33NNa2O5. The largest absolute Gasteiger partial charge is 1.00 e. The van der Waals surface area contributed by atoms with E-state index >= 15 is 0 Å². The van der Waals surface area contributed by atoms with Gasteiger partial charge in [-0.1, -0.05) is 71.1 Å². The summed E-state index contributed by atoms with van der Waals surface area (Å²) in [5.74, 6) is -3.18. The quantitative estimate of drug-likeness (QED) is 0.195. The van der Waals surface area contributed by atoms with Crippen molar-refractivity contribution in [2.24, 2.45) is 0 Å². The fourth-order valence-electron chi connectivity index (χ4n) is 2.73. The topological polar surface area (TPSA) is 109 Å². The molecule has 0 radical (unpaired) electrons. The number of amides is 1. The van der Waals surface area contributed by atoms with Crippen LogP contribution in [0.1, 0.15) is 96.8 Å². The number of aliphatic carboxylic acids is 2. The summed E-state index contributed by atoms with van der Waals surface area (Å²) >= 11 is 0. The fraction of sp³-hybridized carbons (Fsp3) is 0.842. The van der Waals surface area contributed by atoms with Gasteiger partial charge in [-0.05, 0) is 19.3 Å². The molecule has 0 aliphatic rings. The van der Waals surface area contributed by atoms with Crippen LogP contribution >= 0.6 is 0 Å². The second kappa shape index (κ2) is 22.7. The molecule has 0 aliphatic carbocycles. The van der Waals surface area contributed by atoms with Gasteiger partial charge < -0.3 is 25.1 Å². The van der Waals surface area contributed by atoms with Crippen LogP contribution in [0.5, 0.6) is 0 Å². The van der Waals surface area contributed by atoms with Gasteiger partial charge in [0, 0.05) is 12.4 Å². The van der Waals surface area contributed by atoms with Crippen LogP contribution in [0.15, 0.2) is 0 Å². The van der Waals surface area contributed by atoms with Crippen LogP contribution in [0.4, 0.5) is 0 Å². The molecule has 8 heteroatoms. The first-order valence-electron chi connectivity index (χ1n) is 9.67. The standard InChI is InChI=1S/C19H35NO5.2Na/c1-2-3-4-5-6-7-8-9-10-11-12-13-17(21)20-16(19(24)25)14-15-18(22)23;;/h16H,2-15H2,1H3,(H,20,21)(H,22,23)(H,24,25);;/q;2*+1/p-2/t16-;;/m1../s1. The van der Waals surface area contributed by atoms with Gasteiger partial charge in [0.05, 0.1) is 12.0 Å². The predicted molar refractivity (Wildman–Crippen MR) is 92.3 cm³/mol. The molecule has 0 unspecified atom stereocenters. The number of hydrogen-bond donors (Lipinski definition) is 1. The van der Waals surface area contributed by atoms with Gasteiger partial charge in [0.1, 0.15) is 0 Å². The minimum atomic E-state index is -1.46. The first kappa shape index (κ1) is 32.1. The predicted octanol–water partition coefficient (Wildman–Crippen LogP) is -4.54. The van der Waals surface area contributed by atoms with E-state index in [0.717, 1.165) is 12.8 Å². The number of carboxylic acid groups (broad SMARTS) is 2. The van der Waals surface area contributed by atoms with Crippen LogP contribution in [-0.4, -0.2) is 23.9 Å². The van der Waals surface area contributed by atoms with Gasteiger partial charge in [-0.3, -0.25) is 4.79 Å². The Morgan fingerprint density at radius 2 is 1.19 bits per heavy atom. The molecule has 0 spiro atoms.